The van der Waals surface area contributed by atoms with Gasteiger partial charge in [-0.15, -0.1) is 12.6 Å². The van der Waals surface area contributed by atoms with E-state index in [-0.39, 0.29) is 89.2 Å². The minimum absolute atomic E-state index is 0. The van der Waals surface area contributed by atoms with Gasteiger partial charge in [-0.1, -0.05) is 35.3 Å². The molecule has 0 spiro atoms. The third-order valence-electron chi connectivity index (χ3n) is 3.39. The van der Waals surface area contributed by atoms with Crippen LogP contribution in [0.4, 0.5) is 11.4 Å². The van der Waals surface area contributed by atoms with E-state index in [4.69, 9.17) is 28.5 Å². The van der Waals surface area contributed by atoms with Gasteiger partial charge in [0.05, 0.1) is 32.2 Å². The van der Waals surface area contributed by atoms with Crippen molar-refractivity contribution in [2.75, 3.05) is 5.32 Å². The van der Waals surface area contributed by atoms with Crippen molar-refractivity contribution >= 4 is 110 Å². The molecule has 6 nitrogen and oxygen atoms in total. The first-order valence-electron chi connectivity index (χ1n) is 7.10. The fraction of sp³-hybridized carbons (Fsp3) is 0.0588. The van der Waals surface area contributed by atoms with Gasteiger partial charge in [-0.05, 0) is 25.1 Å². The van der Waals surface area contributed by atoms with Crippen molar-refractivity contribution in [3.63, 3.8) is 0 Å². The summed E-state index contributed by atoms with van der Waals surface area (Å²) in [5.74, 6) is -0.371. The molecule has 0 saturated heterocycles. The quantitative estimate of drug-likeness (QED) is 0.232. The topological polar surface area (TPSA) is 96.0 Å². The van der Waals surface area contributed by atoms with Gasteiger partial charge in [0.25, 0.3) is 5.69 Å². The van der Waals surface area contributed by atoms with Gasteiger partial charge in [-0.25, -0.2) is 0 Å². The summed E-state index contributed by atoms with van der Waals surface area (Å²) in [6.07, 6.45) is 0. The monoisotopic (exact) mass is 447 g/mol. The predicted octanol–water partition coefficient (Wildman–Crippen LogP) is 4.42. The first kappa shape index (κ1) is 24.1. The van der Waals surface area contributed by atoms with Crippen LogP contribution in [-0.2, 0) is 4.79 Å². The molecule has 0 atom stereocenters. The van der Waals surface area contributed by atoms with E-state index in [1.165, 1.54) is 43.3 Å². The fourth-order valence-corrected chi connectivity index (χ4v) is 3.12. The van der Waals surface area contributed by atoms with Crippen LogP contribution in [0.5, 0.6) is 0 Å². The average molecular weight is 448 g/mol. The number of nitrogens with zero attached hydrogens (tertiary/aromatic N) is 2. The Bertz CT molecular complexity index is 990. The number of anilines is 1. The molecule has 0 radical (unpaired) electrons. The van der Waals surface area contributed by atoms with Gasteiger partial charge in [0.2, 0.25) is 0 Å². The van der Waals surface area contributed by atoms with Gasteiger partial charge in [0.1, 0.15) is 5.69 Å². The van der Waals surface area contributed by atoms with Gasteiger partial charge in [-0.2, -0.15) is 5.26 Å². The molecule has 0 aliphatic carbocycles. The Labute approximate surface area is 213 Å². The molecule has 27 heavy (non-hydrogen) atoms. The van der Waals surface area contributed by atoms with E-state index in [9.17, 15) is 14.9 Å². The van der Waals surface area contributed by atoms with Crippen LogP contribution in [0.3, 0.4) is 0 Å². The number of para-hydroxylation sites is 1. The van der Waals surface area contributed by atoms with Crippen molar-refractivity contribution < 1.29 is 9.72 Å². The molecule has 0 amide bonds. The number of hydrogen-bond donors (Lipinski definition) is 2. The third-order valence-corrected chi connectivity index (χ3v) is 4.35. The Kier molecular flexibility index (Phi) is 9.48. The second-order valence-electron chi connectivity index (χ2n) is 5.10. The number of ketones is 1. The molecule has 2 aromatic carbocycles. The Morgan fingerprint density at radius 2 is 1.93 bits per heavy atom. The number of nitro benzene ring substituents is 1. The summed E-state index contributed by atoms with van der Waals surface area (Å²) in [6.45, 7) is 1.31. The zero-order valence-electron chi connectivity index (χ0n) is 13.3. The number of rotatable bonds is 5. The van der Waals surface area contributed by atoms with E-state index < -0.39 is 4.92 Å². The second kappa shape index (κ2) is 10.6. The standard InChI is InChI=1S/C17H11Cl2N3O3S.K.H/c1-9(23)15(11-6-5-10(8-20)7-13(11)19)17(26)21-16-12(18)3-2-4-14(16)22(24)25;;/h2-7,21,26H,1H3;;. The summed E-state index contributed by atoms with van der Waals surface area (Å²) in [5, 5.41) is 23.2. The van der Waals surface area contributed by atoms with E-state index >= 15 is 0 Å². The Hall–Kier alpha value is -0.894. The van der Waals surface area contributed by atoms with Crippen molar-refractivity contribution in [3.05, 3.63) is 72.7 Å². The van der Waals surface area contributed by atoms with E-state index in [1.54, 1.807) is 0 Å². The Morgan fingerprint density at radius 3 is 2.44 bits per heavy atom. The van der Waals surface area contributed by atoms with Crippen LogP contribution < -0.4 is 5.32 Å². The molecule has 2 aromatic rings. The first-order chi connectivity index (χ1) is 12.3. The zero-order valence-corrected chi connectivity index (χ0v) is 15.7. The molecule has 134 valence electrons. The van der Waals surface area contributed by atoms with Crippen LogP contribution >= 0.6 is 35.8 Å². The molecule has 0 unspecified atom stereocenters. The number of Topliss-reactive ketones (excluding diaryl/α,β-unsaturated/α-hetero) is 1. The molecule has 0 heterocycles. The summed E-state index contributed by atoms with van der Waals surface area (Å²) in [4.78, 5) is 22.8. The summed E-state index contributed by atoms with van der Waals surface area (Å²) >= 11 is 16.5. The molecule has 0 aliphatic heterocycles. The molecule has 0 bridgehead atoms. The third kappa shape index (κ3) is 5.79. The number of nitro groups is 1. The normalized spacial score (nSPS) is 10.9. The summed E-state index contributed by atoms with van der Waals surface area (Å²) in [7, 11) is 0. The van der Waals surface area contributed by atoms with Gasteiger partial charge >= 0.3 is 51.4 Å². The van der Waals surface area contributed by atoms with Crippen molar-refractivity contribution in [2.24, 2.45) is 0 Å². The fourth-order valence-electron chi connectivity index (χ4n) is 2.24. The second-order valence-corrected chi connectivity index (χ2v) is 6.36. The summed E-state index contributed by atoms with van der Waals surface area (Å²) in [6, 6.07) is 10.6. The van der Waals surface area contributed by atoms with Crippen molar-refractivity contribution in [2.45, 2.75) is 6.92 Å². The molecule has 1 N–H and O–H groups in total. The van der Waals surface area contributed by atoms with Gasteiger partial charge in [0.15, 0.2) is 5.78 Å². The van der Waals surface area contributed by atoms with Crippen molar-refractivity contribution in [3.8, 4) is 6.07 Å². The average Bonchev–Trinajstić information content (AvgIpc) is 2.57. The Balaban J connectivity index is 0.00000364. The number of carbonyl (C=O) groups excluding carboxylic acids is 1. The van der Waals surface area contributed by atoms with Crippen LogP contribution in [0.15, 0.2) is 41.4 Å². The molecule has 0 fully saturated rings. The number of nitrogens with one attached hydrogen (secondary N) is 1. The molecule has 0 aliphatic rings. The van der Waals surface area contributed by atoms with Gasteiger partial charge < -0.3 is 5.32 Å². The number of carbonyl (C=O) groups is 1. The Morgan fingerprint density at radius 1 is 1.26 bits per heavy atom. The van der Waals surface area contributed by atoms with Gasteiger partial charge in [0, 0.05) is 16.7 Å². The number of allylic oxidation sites excluding steroid dienone is 1. The van der Waals surface area contributed by atoms with Crippen LogP contribution in [-0.4, -0.2) is 62.1 Å². The molecule has 0 saturated carbocycles. The van der Waals surface area contributed by atoms with E-state index in [2.05, 4.69) is 17.9 Å². The van der Waals surface area contributed by atoms with Crippen molar-refractivity contribution in [1.29, 1.82) is 5.26 Å². The minimum atomic E-state index is -0.600. The summed E-state index contributed by atoms with van der Waals surface area (Å²) < 4.78 is 0. The first-order valence-corrected chi connectivity index (χ1v) is 8.30. The molecule has 0 aromatic heterocycles. The van der Waals surface area contributed by atoms with Crippen molar-refractivity contribution in [1.82, 2.24) is 0 Å². The SMILES string of the molecule is CC(=O)C(=C(S)Nc1c(Cl)cccc1[N+](=O)[O-])c1ccc(C#N)cc1Cl.[KH]. The predicted molar refractivity (Wildman–Crippen MR) is 112 cm³/mol. The summed E-state index contributed by atoms with van der Waals surface area (Å²) in [5.41, 5.74) is 0.519. The van der Waals surface area contributed by atoms with Crippen LogP contribution in [0.25, 0.3) is 5.57 Å². The van der Waals surface area contributed by atoms with Crippen LogP contribution in [0, 0.1) is 21.4 Å². The van der Waals surface area contributed by atoms with Crippen LogP contribution in [0.1, 0.15) is 18.1 Å². The van der Waals surface area contributed by atoms with Gasteiger partial charge in [-0.3, -0.25) is 14.9 Å². The maximum atomic E-state index is 12.1. The number of benzene rings is 2. The van der Waals surface area contributed by atoms with E-state index in [0.717, 1.165) is 0 Å². The zero-order chi connectivity index (χ0) is 19.4. The maximum absolute atomic E-state index is 12.1. The number of hydrogen-bond acceptors (Lipinski definition) is 6. The van der Waals surface area contributed by atoms with E-state index in [0.29, 0.717) is 11.1 Å². The molecule has 2 rings (SSSR count). The van der Waals surface area contributed by atoms with E-state index in [1.807, 2.05) is 6.07 Å². The number of nitriles is 1. The molecular formula is C17H12Cl2KN3O3S. The van der Waals surface area contributed by atoms with Crippen LogP contribution in [0.2, 0.25) is 10.0 Å². The number of halogens is 2. The molecular weight excluding hydrogens is 436 g/mol. The number of thiol groups is 1. The molecule has 10 heteroatoms.